The summed E-state index contributed by atoms with van der Waals surface area (Å²) in [6.07, 6.45) is -6.70. The van der Waals surface area contributed by atoms with Crippen molar-refractivity contribution in [3.8, 4) is 11.4 Å². The molecular weight excluding hydrogens is 446 g/mol. The highest BCUT2D eigenvalue weighted by atomic mass is 19.4. The second kappa shape index (κ2) is 7.28. The van der Waals surface area contributed by atoms with E-state index in [4.69, 9.17) is 0 Å². The summed E-state index contributed by atoms with van der Waals surface area (Å²) in [4.78, 5) is 23.4. The maximum atomic E-state index is 14.0. The first-order valence-electron chi connectivity index (χ1n) is 8.60. The number of nitrogens with one attached hydrogen (secondary N) is 2. The van der Waals surface area contributed by atoms with E-state index in [0.29, 0.717) is 10.7 Å². The van der Waals surface area contributed by atoms with Gasteiger partial charge in [-0.1, -0.05) is 0 Å². The largest absolute Gasteiger partial charge is 0.433 e. The van der Waals surface area contributed by atoms with Gasteiger partial charge in [-0.3, -0.25) is 19.6 Å². The van der Waals surface area contributed by atoms with Gasteiger partial charge >= 0.3 is 12.4 Å². The van der Waals surface area contributed by atoms with E-state index in [1.807, 2.05) is 5.32 Å². The lowest BCUT2D eigenvalue weighted by Crippen LogP contribution is -2.21. The number of hydrogen-bond acceptors (Lipinski definition) is 6. The lowest BCUT2D eigenvalue weighted by Gasteiger charge is -2.12. The molecule has 0 aliphatic heterocycles. The van der Waals surface area contributed by atoms with E-state index in [1.54, 1.807) is 0 Å². The predicted molar refractivity (Wildman–Crippen MR) is 96.1 cm³/mol. The lowest BCUT2D eigenvalue weighted by atomic mass is 10.1. The van der Waals surface area contributed by atoms with E-state index < -0.39 is 46.6 Å². The average molecular weight is 456 g/mol. The molecule has 0 saturated carbocycles. The van der Waals surface area contributed by atoms with Crippen molar-refractivity contribution in [1.29, 1.82) is 0 Å². The fourth-order valence-corrected chi connectivity index (χ4v) is 3.02. The number of aromatic nitrogens is 7. The number of pyridine rings is 1. The molecular formula is C17H10F6N8O. The maximum absolute atomic E-state index is 14.0. The van der Waals surface area contributed by atoms with Crippen molar-refractivity contribution in [2.45, 2.75) is 12.4 Å². The van der Waals surface area contributed by atoms with Crippen LogP contribution in [0.4, 0.5) is 32.0 Å². The Morgan fingerprint density at radius 3 is 2.56 bits per heavy atom. The minimum Gasteiger partial charge on any atom is -0.321 e. The van der Waals surface area contributed by atoms with Crippen LogP contribution in [0.25, 0.3) is 22.4 Å². The summed E-state index contributed by atoms with van der Waals surface area (Å²) in [6, 6.07) is 1.51. The monoisotopic (exact) mass is 456 g/mol. The van der Waals surface area contributed by atoms with Crippen molar-refractivity contribution in [2.75, 3.05) is 5.32 Å². The summed E-state index contributed by atoms with van der Waals surface area (Å²) in [5, 5.41) is 12.2. The van der Waals surface area contributed by atoms with Crippen LogP contribution in [0.5, 0.6) is 0 Å². The molecule has 0 saturated heterocycles. The minimum absolute atomic E-state index is 0.0799. The van der Waals surface area contributed by atoms with Gasteiger partial charge in [0.05, 0.1) is 11.1 Å². The Bertz CT molecular complexity index is 1320. The van der Waals surface area contributed by atoms with Gasteiger partial charge in [0.1, 0.15) is 29.0 Å². The van der Waals surface area contributed by atoms with E-state index in [1.165, 1.54) is 6.20 Å². The molecule has 166 valence electrons. The third-order valence-corrected chi connectivity index (χ3v) is 4.32. The van der Waals surface area contributed by atoms with Crippen LogP contribution in [0, 0.1) is 0 Å². The van der Waals surface area contributed by atoms with Crippen molar-refractivity contribution < 1.29 is 31.1 Å². The number of carbonyl (C=O) groups is 1. The number of H-pyrrole nitrogens is 1. The van der Waals surface area contributed by atoms with Gasteiger partial charge in [-0.25, -0.2) is 9.97 Å². The van der Waals surface area contributed by atoms with Gasteiger partial charge < -0.3 is 5.32 Å². The SMILES string of the molecule is Cn1nc(-c2[nH]nc3ncncc23)c(C(F)(F)F)c1C(=O)Nc1ccnc(C(F)(F)F)c1. The number of halogens is 6. The Hall–Kier alpha value is -4.04. The quantitative estimate of drug-likeness (QED) is 0.457. The van der Waals surface area contributed by atoms with Gasteiger partial charge in [-0.2, -0.15) is 36.5 Å². The molecule has 0 atom stereocenters. The molecule has 0 spiro atoms. The molecule has 0 radical (unpaired) electrons. The van der Waals surface area contributed by atoms with E-state index in [-0.39, 0.29) is 16.7 Å². The summed E-state index contributed by atoms with van der Waals surface area (Å²) >= 11 is 0. The molecule has 0 unspecified atom stereocenters. The number of nitrogens with zero attached hydrogens (tertiary/aromatic N) is 6. The molecule has 15 heteroatoms. The Kier molecular flexibility index (Phi) is 4.82. The highest BCUT2D eigenvalue weighted by Crippen LogP contribution is 2.40. The second-order valence-corrected chi connectivity index (χ2v) is 6.43. The minimum atomic E-state index is -5.04. The fraction of sp³-hybridized carbons (Fsp3) is 0.176. The van der Waals surface area contributed by atoms with Gasteiger partial charge in [0.25, 0.3) is 5.91 Å². The lowest BCUT2D eigenvalue weighted by molar-refractivity contribution is -0.141. The molecule has 0 fully saturated rings. The Balaban J connectivity index is 1.81. The summed E-state index contributed by atoms with van der Waals surface area (Å²) in [6.45, 7) is 0. The molecule has 2 N–H and O–H groups in total. The highest BCUT2D eigenvalue weighted by Gasteiger charge is 2.43. The molecule has 0 aliphatic rings. The van der Waals surface area contributed by atoms with Crippen LogP contribution >= 0.6 is 0 Å². The van der Waals surface area contributed by atoms with Gasteiger partial charge in [0, 0.05) is 25.1 Å². The normalized spacial score (nSPS) is 12.3. The Labute approximate surface area is 173 Å². The molecule has 4 heterocycles. The second-order valence-electron chi connectivity index (χ2n) is 6.43. The number of aryl methyl sites for hydroxylation is 1. The standard InChI is InChI=1S/C17H10F6N8O/c1-31-13(15(32)27-7-2-3-25-9(4-7)16(18,19)20)10(17(21,22)23)12(30-31)11-8-5-24-6-26-14(8)29-28-11/h2-6H,1H3,(H,25,27,32)(H,24,26,28,29). The Morgan fingerprint density at radius 1 is 1.12 bits per heavy atom. The molecule has 4 aromatic heterocycles. The molecule has 0 aromatic carbocycles. The van der Waals surface area contributed by atoms with Gasteiger partial charge in [0.15, 0.2) is 5.65 Å². The Morgan fingerprint density at radius 2 is 1.88 bits per heavy atom. The summed E-state index contributed by atoms with van der Waals surface area (Å²) in [7, 11) is 1.09. The number of rotatable bonds is 3. The van der Waals surface area contributed by atoms with Crippen molar-refractivity contribution in [2.24, 2.45) is 7.05 Å². The van der Waals surface area contributed by atoms with Gasteiger partial charge in [-0.05, 0) is 12.1 Å². The van der Waals surface area contributed by atoms with Crippen LogP contribution < -0.4 is 5.32 Å². The predicted octanol–water partition coefficient (Wildman–Crippen LogP) is 3.44. The first-order valence-corrected chi connectivity index (χ1v) is 8.60. The van der Waals surface area contributed by atoms with Crippen LogP contribution in [-0.4, -0.2) is 40.8 Å². The van der Waals surface area contributed by atoms with Crippen LogP contribution in [0.2, 0.25) is 0 Å². The van der Waals surface area contributed by atoms with E-state index >= 15 is 0 Å². The highest BCUT2D eigenvalue weighted by molar-refractivity contribution is 6.06. The first kappa shape index (κ1) is 21.2. The third kappa shape index (κ3) is 3.72. The number of carbonyl (C=O) groups excluding carboxylic acids is 1. The number of alkyl halides is 6. The van der Waals surface area contributed by atoms with Gasteiger partial charge in [-0.15, -0.1) is 0 Å². The molecule has 32 heavy (non-hydrogen) atoms. The average Bonchev–Trinajstić information content (AvgIpc) is 3.28. The van der Waals surface area contributed by atoms with Crippen LogP contribution in [0.15, 0.2) is 30.9 Å². The number of fused-ring (bicyclic) bond motifs is 1. The van der Waals surface area contributed by atoms with Crippen molar-refractivity contribution >= 4 is 22.6 Å². The topological polar surface area (TPSA) is 114 Å². The third-order valence-electron chi connectivity index (χ3n) is 4.32. The van der Waals surface area contributed by atoms with Crippen LogP contribution in [-0.2, 0) is 19.4 Å². The molecule has 4 aromatic rings. The van der Waals surface area contributed by atoms with Crippen LogP contribution in [0.1, 0.15) is 21.7 Å². The molecule has 9 nitrogen and oxygen atoms in total. The number of aromatic amines is 1. The molecule has 4 rings (SSSR count). The van der Waals surface area contributed by atoms with E-state index in [9.17, 15) is 31.1 Å². The van der Waals surface area contributed by atoms with E-state index in [0.717, 1.165) is 25.6 Å². The summed E-state index contributed by atoms with van der Waals surface area (Å²) in [5.74, 6) is -1.32. The van der Waals surface area contributed by atoms with Crippen molar-refractivity contribution in [3.05, 3.63) is 47.8 Å². The molecule has 0 bridgehead atoms. The van der Waals surface area contributed by atoms with Crippen molar-refractivity contribution in [1.82, 2.24) is 34.9 Å². The summed E-state index contributed by atoms with van der Waals surface area (Å²) in [5.41, 5.74) is -4.78. The van der Waals surface area contributed by atoms with Crippen LogP contribution in [0.3, 0.4) is 0 Å². The van der Waals surface area contributed by atoms with E-state index in [2.05, 4.69) is 30.2 Å². The fourth-order valence-electron chi connectivity index (χ4n) is 3.02. The molecule has 1 amide bonds. The zero-order chi connectivity index (χ0) is 23.3. The maximum Gasteiger partial charge on any atom is 0.433 e. The zero-order valence-corrected chi connectivity index (χ0v) is 15.7. The summed E-state index contributed by atoms with van der Waals surface area (Å²) < 4.78 is 81.1. The van der Waals surface area contributed by atoms with Crippen molar-refractivity contribution in [3.63, 3.8) is 0 Å². The first-order chi connectivity index (χ1) is 15.0. The molecule has 0 aliphatic carbocycles. The van der Waals surface area contributed by atoms with Gasteiger partial charge in [0.2, 0.25) is 0 Å². The number of anilines is 1. The zero-order valence-electron chi connectivity index (χ0n) is 15.7. The number of amides is 1. The smallest absolute Gasteiger partial charge is 0.321 e. The number of hydrogen-bond donors (Lipinski definition) is 2.